The van der Waals surface area contributed by atoms with E-state index in [-0.39, 0.29) is 45.9 Å². The van der Waals surface area contributed by atoms with Crippen molar-refractivity contribution in [3.8, 4) is 0 Å². The predicted molar refractivity (Wildman–Crippen MR) is 64.9 cm³/mol. The SMILES string of the molecule is C=C/C=C/C.CC(=O)C=C(C)O.[CH3-].[CH3-].[Ru+2]. The molecule has 0 aromatic heterocycles. The van der Waals surface area contributed by atoms with Crippen LogP contribution in [0.4, 0.5) is 0 Å². The van der Waals surface area contributed by atoms with Crippen molar-refractivity contribution in [1.29, 1.82) is 0 Å². The van der Waals surface area contributed by atoms with Gasteiger partial charge in [0.25, 0.3) is 0 Å². The predicted octanol–water partition coefficient (Wildman–Crippen LogP) is 3.68. The molecule has 0 aromatic rings. The summed E-state index contributed by atoms with van der Waals surface area (Å²) < 4.78 is 0. The first-order valence-corrected chi connectivity index (χ1v) is 3.66. The van der Waals surface area contributed by atoms with Crippen LogP contribution in [-0.2, 0) is 24.3 Å². The minimum Gasteiger partial charge on any atom is -0.512 e. The van der Waals surface area contributed by atoms with Crippen molar-refractivity contribution >= 4 is 5.78 Å². The summed E-state index contributed by atoms with van der Waals surface area (Å²) in [5, 5.41) is 8.36. The van der Waals surface area contributed by atoms with Crippen molar-refractivity contribution in [1.82, 2.24) is 0 Å². The summed E-state index contributed by atoms with van der Waals surface area (Å²) in [6.07, 6.45) is 6.74. The van der Waals surface area contributed by atoms with E-state index >= 15 is 0 Å². The molecule has 0 rings (SSSR count). The Morgan fingerprint density at radius 1 is 1.27 bits per heavy atom. The third-order valence-corrected chi connectivity index (χ3v) is 0.741. The molecule has 0 amide bonds. The summed E-state index contributed by atoms with van der Waals surface area (Å²) in [6.45, 7) is 8.27. The van der Waals surface area contributed by atoms with Gasteiger partial charge in [-0.1, -0.05) is 24.8 Å². The number of hydrogen-bond acceptors (Lipinski definition) is 2. The van der Waals surface area contributed by atoms with Crippen molar-refractivity contribution < 1.29 is 29.4 Å². The van der Waals surface area contributed by atoms with Crippen molar-refractivity contribution in [2.24, 2.45) is 0 Å². The van der Waals surface area contributed by atoms with E-state index in [0.717, 1.165) is 0 Å². The molecule has 0 bridgehead atoms. The van der Waals surface area contributed by atoms with E-state index in [1.165, 1.54) is 19.9 Å². The Labute approximate surface area is 108 Å². The molecule has 90 valence electrons. The molecule has 0 aromatic carbocycles. The van der Waals surface area contributed by atoms with E-state index in [4.69, 9.17) is 5.11 Å². The molecule has 0 saturated carbocycles. The van der Waals surface area contributed by atoms with Crippen LogP contribution in [0.3, 0.4) is 0 Å². The summed E-state index contributed by atoms with van der Waals surface area (Å²) in [5.41, 5.74) is 0. The number of hydrogen-bond donors (Lipinski definition) is 1. The van der Waals surface area contributed by atoms with Gasteiger partial charge in [-0.2, -0.15) is 0 Å². The summed E-state index contributed by atoms with van der Waals surface area (Å²) in [5.74, 6) is -0.0625. The minimum absolute atomic E-state index is 0. The second-order valence-corrected chi connectivity index (χ2v) is 2.16. The van der Waals surface area contributed by atoms with Crippen LogP contribution in [0, 0.1) is 14.9 Å². The zero-order chi connectivity index (χ0) is 9.98. The van der Waals surface area contributed by atoms with E-state index in [1.807, 2.05) is 19.1 Å². The average molecular weight is 299 g/mol. The number of allylic oxidation sites excluding steroid dienone is 5. The zero-order valence-corrected chi connectivity index (χ0v) is 12.0. The Hall–Kier alpha value is -0.687. The minimum atomic E-state index is -0.125. The second-order valence-electron chi connectivity index (χ2n) is 2.16. The molecular formula is C12H22O2Ru. The Balaban J connectivity index is -0.0000000383. The Bertz CT molecular complexity index is 190. The van der Waals surface area contributed by atoms with Gasteiger partial charge in [0.2, 0.25) is 0 Å². The van der Waals surface area contributed by atoms with Gasteiger partial charge < -0.3 is 20.0 Å². The molecule has 0 saturated heterocycles. The largest absolute Gasteiger partial charge is 2.00 e. The van der Waals surface area contributed by atoms with Crippen LogP contribution in [-0.4, -0.2) is 10.9 Å². The standard InChI is InChI=1S/C5H8O2.C5H8.2CH3.Ru/c1-4(6)3-5(2)7;1-3-5-4-2;;;/h3,6H,1-2H3;3-5H,1H2,2H3;2*1H3;/q;;2*-1;+2/b;5-4+;;;. The van der Waals surface area contributed by atoms with Gasteiger partial charge in [-0.05, 0) is 20.8 Å². The summed E-state index contributed by atoms with van der Waals surface area (Å²) >= 11 is 0. The third kappa shape index (κ3) is 60.4. The average Bonchev–Trinajstić information content (AvgIpc) is 1.87. The van der Waals surface area contributed by atoms with Crippen molar-refractivity contribution in [3.05, 3.63) is 51.5 Å². The Morgan fingerprint density at radius 3 is 1.67 bits per heavy atom. The molecule has 0 fully saturated rings. The maximum atomic E-state index is 10.0. The second kappa shape index (κ2) is 23.3. The van der Waals surface area contributed by atoms with Gasteiger partial charge in [-0.3, -0.25) is 4.79 Å². The van der Waals surface area contributed by atoms with E-state index in [9.17, 15) is 4.79 Å². The smallest absolute Gasteiger partial charge is 0.512 e. The van der Waals surface area contributed by atoms with E-state index < -0.39 is 0 Å². The number of carbonyl (C=O) groups is 1. The third-order valence-electron chi connectivity index (χ3n) is 0.741. The molecule has 0 aliphatic rings. The van der Waals surface area contributed by atoms with Crippen molar-refractivity contribution in [3.63, 3.8) is 0 Å². The molecule has 0 atom stereocenters. The van der Waals surface area contributed by atoms with Gasteiger partial charge in [0.1, 0.15) is 0 Å². The molecular weight excluding hydrogens is 277 g/mol. The van der Waals surface area contributed by atoms with Gasteiger partial charge in [-0.25, -0.2) is 0 Å². The molecule has 15 heavy (non-hydrogen) atoms. The zero-order valence-electron chi connectivity index (χ0n) is 10.2. The number of ketones is 1. The van der Waals surface area contributed by atoms with Gasteiger partial charge >= 0.3 is 19.5 Å². The van der Waals surface area contributed by atoms with Gasteiger partial charge in [-0.15, -0.1) is 0 Å². The molecule has 2 nitrogen and oxygen atoms in total. The first-order valence-electron chi connectivity index (χ1n) is 3.66. The van der Waals surface area contributed by atoms with Gasteiger partial charge in [0, 0.05) is 6.08 Å². The van der Waals surface area contributed by atoms with Crippen LogP contribution < -0.4 is 0 Å². The fraction of sp³-hybridized carbons (Fsp3) is 0.250. The van der Waals surface area contributed by atoms with Crippen LogP contribution in [0.25, 0.3) is 0 Å². The molecule has 1 N–H and O–H groups in total. The maximum absolute atomic E-state index is 10.0. The molecule has 0 aliphatic carbocycles. The first kappa shape index (κ1) is 29.2. The summed E-state index contributed by atoms with van der Waals surface area (Å²) in [4.78, 5) is 10.0. The number of rotatable bonds is 2. The monoisotopic (exact) mass is 300 g/mol. The van der Waals surface area contributed by atoms with Crippen molar-refractivity contribution in [2.75, 3.05) is 0 Å². The molecule has 3 heteroatoms. The molecule has 0 unspecified atom stereocenters. The van der Waals surface area contributed by atoms with E-state index in [0.29, 0.717) is 0 Å². The maximum Gasteiger partial charge on any atom is 2.00 e. The van der Waals surface area contributed by atoms with E-state index in [1.54, 1.807) is 6.08 Å². The molecule has 0 radical (unpaired) electrons. The van der Waals surface area contributed by atoms with Gasteiger partial charge in [0.05, 0.1) is 5.76 Å². The summed E-state index contributed by atoms with van der Waals surface area (Å²) in [7, 11) is 0. The molecule has 0 spiro atoms. The normalized spacial score (nSPS) is 8.33. The number of aliphatic hydroxyl groups excluding tert-OH is 1. The van der Waals surface area contributed by atoms with Crippen LogP contribution in [0.5, 0.6) is 0 Å². The van der Waals surface area contributed by atoms with Crippen LogP contribution in [0.1, 0.15) is 20.8 Å². The topological polar surface area (TPSA) is 37.3 Å². The van der Waals surface area contributed by atoms with Crippen LogP contribution >= 0.6 is 0 Å². The fourth-order valence-corrected chi connectivity index (χ4v) is 0.430. The number of carbonyl (C=O) groups excluding carboxylic acids is 1. The van der Waals surface area contributed by atoms with Crippen molar-refractivity contribution in [2.45, 2.75) is 20.8 Å². The Morgan fingerprint density at radius 2 is 1.67 bits per heavy atom. The fourth-order valence-electron chi connectivity index (χ4n) is 0.430. The number of aliphatic hydroxyl groups is 1. The first-order chi connectivity index (χ1) is 5.54. The Kier molecular flexibility index (Phi) is 45.4. The quantitative estimate of drug-likeness (QED) is 0.278. The summed E-state index contributed by atoms with van der Waals surface area (Å²) in [6, 6.07) is 0. The van der Waals surface area contributed by atoms with Crippen LogP contribution in [0.2, 0.25) is 0 Å². The van der Waals surface area contributed by atoms with Crippen LogP contribution in [0.15, 0.2) is 36.6 Å². The van der Waals surface area contributed by atoms with Gasteiger partial charge in [0.15, 0.2) is 5.78 Å². The molecule has 0 heterocycles. The molecule has 0 aliphatic heterocycles. The van der Waals surface area contributed by atoms with E-state index in [2.05, 4.69) is 6.58 Å².